The molecular weight excluding hydrogens is 641 g/mol. The molecule has 9 aromatic rings. The predicted molar refractivity (Wildman–Crippen MR) is 212 cm³/mol. The number of hydrogen-bond acceptors (Lipinski definition) is 4. The Balaban J connectivity index is 1.41. The Bertz CT molecular complexity index is 2680. The smallest absolute Gasteiger partial charge is 0.187 e. The summed E-state index contributed by atoms with van der Waals surface area (Å²) in [7, 11) is 0. The van der Waals surface area contributed by atoms with Crippen LogP contribution < -0.4 is 0 Å². The van der Waals surface area contributed by atoms with E-state index in [1.807, 2.05) is 78.9 Å². The first-order chi connectivity index (χ1) is 25.2. The lowest BCUT2D eigenvalue weighted by Crippen LogP contribution is -2.00. The number of hydrogen-bond donors (Lipinski definition) is 0. The average molecular weight is 669 g/mol. The molecular formula is C46H28N4S. The fourth-order valence-electron chi connectivity index (χ4n) is 6.70. The molecule has 0 bridgehead atoms. The van der Waals surface area contributed by atoms with E-state index < -0.39 is 0 Å². The maximum atomic E-state index is 7.72. The maximum Gasteiger partial charge on any atom is 0.187 e. The van der Waals surface area contributed by atoms with Gasteiger partial charge in [0.2, 0.25) is 0 Å². The Kier molecular flexibility index (Phi) is 7.70. The number of nitrogens with zero attached hydrogens (tertiary/aromatic N) is 4. The Morgan fingerprint density at radius 1 is 0.392 bits per heavy atom. The van der Waals surface area contributed by atoms with Crippen LogP contribution in [0.2, 0.25) is 0 Å². The molecule has 0 spiro atoms. The monoisotopic (exact) mass is 668 g/mol. The first kappa shape index (κ1) is 30.3. The summed E-state index contributed by atoms with van der Waals surface area (Å²) in [4.78, 5) is 19.1. The summed E-state index contributed by atoms with van der Waals surface area (Å²) in [6, 6.07) is 58.1. The number of benzene rings is 7. The third-order valence-electron chi connectivity index (χ3n) is 9.14. The molecule has 0 N–H and O–H groups in total. The van der Waals surface area contributed by atoms with Gasteiger partial charge in [-0.15, -0.1) is 11.3 Å². The van der Waals surface area contributed by atoms with Gasteiger partial charge >= 0.3 is 0 Å². The fraction of sp³-hybridized carbons (Fsp3) is 0. The lowest BCUT2D eigenvalue weighted by Gasteiger charge is -2.12. The highest BCUT2D eigenvalue weighted by Gasteiger charge is 2.22. The second-order valence-electron chi connectivity index (χ2n) is 12.3. The van der Waals surface area contributed by atoms with Gasteiger partial charge in [0.15, 0.2) is 23.2 Å². The minimum Gasteiger partial charge on any atom is -0.238 e. The predicted octanol–water partition coefficient (Wildman–Crippen LogP) is 12.8. The Morgan fingerprint density at radius 3 is 1.53 bits per heavy atom. The molecule has 0 fully saturated rings. The van der Waals surface area contributed by atoms with Gasteiger partial charge in [-0.05, 0) is 52.1 Å². The second kappa shape index (κ2) is 12.9. The fourth-order valence-corrected chi connectivity index (χ4v) is 8.08. The van der Waals surface area contributed by atoms with Gasteiger partial charge in [-0.2, -0.15) is 0 Å². The van der Waals surface area contributed by atoms with Crippen LogP contribution in [0.4, 0.5) is 5.69 Å². The lowest BCUT2D eigenvalue weighted by atomic mass is 9.93. The molecule has 7 aromatic carbocycles. The van der Waals surface area contributed by atoms with Crippen molar-refractivity contribution >= 4 is 37.2 Å². The van der Waals surface area contributed by atoms with E-state index in [1.54, 1.807) is 11.3 Å². The zero-order valence-corrected chi connectivity index (χ0v) is 28.2. The van der Waals surface area contributed by atoms with Crippen LogP contribution in [0.15, 0.2) is 170 Å². The van der Waals surface area contributed by atoms with Crippen LogP contribution in [-0.2, 0) is 0 Å². The van der Waals surface area contributed by atoms with Crippen molar-refractivity contribution in [2.45, 2.75) is 0 Å². The lowest BCUT2D eigenvalue weighted by molar-refractivity contribution is 1.08. The van der Waals surface area contributed by atoms with Crippen LogP contribution in [0, 0.1) is 6.57 Å². The summed E-state index contributed by atoms with van der Waals surface area (Å²) in [6.45, 7) is 7.72. The third kappa shape index (κ3) is 5.64. The molecule has 0 aliphatic rings. The van der Waals surface area contributed by atoms with E-state index >= 15 is 0 Å². The largest absolute Gasteiger partial charge is 0.238 e. The molecule has 5 heteroatoms. The highest BCUT2D eigenvalue weighted by atomic mass is 32.1. The van der Waals surface area contributed by atoms with Crippen LogP contribution in [-0.4, -0.2) is 15.0 Å². The van der Waals surface area contributed by atoms with Crippen LogP contribution in [0.1, 0.15) is 0 Å². The zero-order valence-electron chi connectivity index (χ0n) is 27.4. The van der Waals surface area contributed by atoms with E-state index in [2.05, 4.69) is 95.8 Å². The van der Waals surface area contributed by atoms with E-state index in [9.17, 15) is 0 Å². The van der Waals surface area contributed by atoms with Crippen LogP contribution >= 0.6 is 11.3 Å². The van der Waals surface area contributed by atoms with Gasteiger partial charge in [-0.3, -0.25) is 0 Å². The normalized spacial score (nSPS) is 11.1. The molecule has 0 amide bonds. The van der Waals surface area contributed by atoms with Gasteiger partial charge < -0.3 is 0 Å². The number of fused-ring (bicyclic) bond motifs is 3. The summed E-state index contributed by atoms with van der Waals surface area (Å²) >= 11 is 1.78. The number of aromatic nitrogens is 3. The zero-order chi connectivity index (χ0) is 34.1. The molecule has 51 heavy (non-hydrogen) atoms. The molecule has 0 radical (unpaired) electrons. The van der Waals surface area contributed by atoms with Gasteiger partial charge in [-0.25, -0.2) is 19.8 Å². The SMILES string of the molecule is [C-]#[N+]c1cccc(-c2ccc(-c3nc(-c4ccccc4)nc(-c4ccccc4)n3)c3c2sc2c(-c4ccccc4)cc(-c4ccccc4)cc23)c1. The molecule has 2 aromatic heterocycles. The van der Waals surface area contributed by atoms with Gasteiger partial charge in [0.25, 0.3) is 0 Å². The first-order valence-electron chi connectivity index (χ1n) is 16.7. The van der Waals surface area contributed by atoms with Gasteiger partial charge in [0, 0.05) is 42.4 Å². The van der Waals surface area contributed by atoms with Crippen molar-refractivity contribution in [2.24, 2.45) is 0 Å². The summed E-state index contributed by atoms with van der Waals surface area (Å²) in [5.41, 5.74) is 10.1. The Labute approximate surface area is 299 Å². The van der Waals surface area contributed by atoms with Crippen molar-refractivity contribution in [3.05, 3.63) is 181 Å². The number of rotatable bonds is 6. The van der Waals surface area contributed by atoms with Crippen LogP contribution in [0.5, 0.6) is 0 Å². The topological polar surface area (TPSA) is 43.0 Å². The molecule has 4 nitrogen and oxygen atoms in total. The van der Waals surface area contributed by atoms with Crippen molar-refractivity contribution < 1.29 is 0 Å². The molecule has 0 saturated carbocycles. The maximum absolute atomic E-state index is 7.72. The van der Waals surface area contributed by atoms with Gasteiger partial charge in [0.05, 0.1) is 6.57 Å². The van der Waals surface area contributed by atoms with Gasteiger partial charge in [0.1, 0.15) is 0 Å². The van der Waals surface area contributed by atoms with Crippen molar-refractivity contribution in [1.29, 1.82) is 0 Å². The summed E-state index contributed by atoms with van der Waals surface area (Å²) < 4.78 is 2.31. The molecule has 0 unspecified atom stereocenters. The van der Waals surface area contributed by atoms with E-state index in [-0.39, 0.29) is 0 Å². The van der Waals surface area contributed by atoms with Crippen LogP contribution in [0.25, 0.3) is 92.6 Å². The molecule has 0 aliphatic carbocycles. The van der Waals surface area contributed by atoms with E-state index in [4.69, 9.17) is 21.5 Å². The Morgan fingerprint density at radius 2 is 0.922 bits per heavy atom. The minimum atomic E-state index is 0.611. The van der Waals surface area contributed by atoms with E-state index in [0.717, 1.165) is 60.0 Å². The van der Waals surface area contributed by atoms with Crippen LogP contribution in [0.3, 0.4) is 0 Å². The second-order valence-corrected chi connectivity index (χ2v) is 13.3. The van der Waals surface area contributed by atoms with Crippen molar-refractivity contribution in [3.63, 3.8) is 0 Å². The standard InChI is InChI=1S/C46H28N4S/c1-47-36-24-14-23-34(27-36)37-25-26-38(46-49-44(32-19-10-4-11-20-32)48-45(50-46)33-21-12-5-13-22-33)41-40-29-35(30-15-6-2-7-16-30)28-39(42(40)51-43(37)41)31-17-8-3-9-18-31/h2-29H. The molecule has 0 saturated heterocycles. The van der Waals surface area contributed by atoms with Gasteiger partial charge in [-0.1, -0.05) is 146 Å². The molecule has 238 valence electrons. The van der Waals surface area contributed by atoms with Crippen molar-refractivity contribution in [2.75, 3.05) is 0 Å². The highest BCUT2D eigenvalue weighted by molar-refractivity contribution is 7.27. The molecule has 0 atom stereocenters. The Hall–Kier alpha value is -6.74. The highest BCUT2D eigenvalue weighted by Crippen LogP contribution is 2.49. The average Bonchev–Trinajstić information content (AvgIpc) is 3.61. The van der Waals surface area contributed by atoms with E-state index in [1.165, 1.54) is 10.3 Å². The molecule has 0 aliphatic heterocycles. The molecule has 2 heterocycles. The van der Waals surface area contributed by atoms with Crippen molar-refractivity contribution in [1.82, 2.24) is 15.0 Å². The van der Waals surface area contributed by atoms with E-state index in [0.29, 0.717) is 23.2 Å². The minimum absolute atomic E-state index is 0.611. The number of thiophene rings is 1. The van der Waals surface area contributed by atoms with Crippen molar-refractivity contribution in [3.8, 4) is 67.5 Å². The summed E-state index contributed by atoms with van der Waals surface area (Å²) in [5.74, 6) is 1.85. The third-order valence-corrected chi connectivity index (χ3v) is 10.4. The quantitative estimate of drug-likeness (QED) is 0.166. The summed E-state index contributed by atoms with van der Waals surface area (Å²) in [6.07, 6.45) is 0. The molecule has 9 rings (SSSR count). The first-order valence-corrected chi connectivity index (χ1v) is 17.5. The summed E-state index contributed by atoms with van der Waals surface area (Å²) in [5, 5.41) is 2.22.